The number of aromatic carboxylic acids is 1. The summed E-state index contributed by atoms with van der Waals surface area (Å²) >= 11 is 6.65. The fourth-order valence-electron chi connectivity index (χ4n) is 7.53. The Morgan fingerprint density at radius 2 is 1.44 bits per heavy atom. The number of aromatic nitrogens is 1. The monoisotopic (exact) mass is 761 g/mol. The van der Waals surface area contributed by atoms with Crippen LogP contribution in [0.15, 0.2) is 127 Å². The lowest BCUT2D eigenvalue weighted by atomic mass is 9.97. The van der Waals surface area contributed by atoms with E-state index in [-0.39, 0.29) is 23.9 Å². The quantitative estimate of drug-likeness (QED) is 0.108. The van der Waals surface area contributed by atoms with E-state index in [0.29, 0.717) is 30.2 Å². The van der Waals surface area contributed by atoms with Crippen molar-refractivity contribution in [2.75, 3.05) is 31.1 Å². The van der Waals surface area contributed by atoms with E-state index in [1.807, 2.05) is 78.9 Å². The number of carbonyl (C=O) groups is 1. The number of halogens is 1. The van der Waals surface area contributed by atoms with E-state index >= 15 is 0 Å². The molecular weight excluding hydrogens is 718 g/mol. The lowest BCUT2D eigenvalue weighted by Crippen LogP contribution is -2.29. The molecule has 10 heteroatoms. The zero-order valence-electron chi connectivity index (χ0n) is 30.0. The van der Waals surface area contributed by atoms with E-state index in [0.717, 1.165) is 57.6 Å². The van der Waals surface area contributed by atoms with Gasteiger partial charge in [0, 0.05) is 59.8 Å². The molecule has 6 aromatic rings. The van der Waals surface area contributed by atoms with Gasteiger partial charge in [0.1, 0.15) is 5.75 Å². The molecule has 1 saturated heterocycles. The summed E-state index contributed by atoms with van der Waals surface area (Å²) in [5.74, 6) is -0.542. The maximum Gasteiger partial charge on any atom is 0.335 e. The minimum atomic E-state index is -3.65. The van der Waals surface area contributed by atoms with Crippen LogP contribution in [0, 0.1) is 0 Å². The highest BCUT2D eigenvalue weighted by molar-refractivity contribution is 7.88. The molecule has 2 N–H and O–H groups in total. The minimum absolute atomic E-state index is 0.107. The molecule has 0 amide bonds. The highest BCUT2D eigenvalue weighted by atomic mass is 35.5. The van der Waals surface area contributed by atoms with Crippen molar-refractivity contribution < 1.29 is 23.1 Å². The molecule has 5 aromatic carbocycles. The Morgan fingerprint density at radius 3 is 2.07 bits per heavy atom. The van der Waals surface area contributed by atoms with Crippen LogP contribution in [-0.4, -0.2) is 50.3 Å². The molecule has 7 rings (SSSR count). The maximum atomic E-state index is 13.5. The van der Waals surface area contributed by atoms with Crippen LogP contribution in [0.2, 0.25) is 5.02 Å². The Balaban J connectivity index is 1.20. The van der Waals surface area contributed by atoms with Crippen molar-refractivity contribution in [2.45, 2.75) is 43.9 Å². The maximum absolute atomic E-state index is 13.5. The number of carboxylic acid groups (broad SMARTS) is 1. The topological polar surface area (TPSA) is 101 Å². The van der Waals surface area contributed by atoms with E-state index < -0.39 is 16.0 Å². The SMILES string of the molecule is O=C(O)c1ccc(OCCc2c(CCNS(=O)(=O)Cc3ccc(N4CCCCC4)cc3)n(C(c3ccccc3)c3ccccc3)c3ccc(Cl)cc23)cc1. The van der Waals surface area contributed by atoms with E-state index in [2.05, 4.69) is 38.5 Å². The molecule has 0 spiro atoms. The molecule has 1 fully saturated rings. The molecule has 0 aliphatic carbocycles. The third-order valence-corrected chi connectivity index (χ3v) is 11.7. The van der Waals surface area contributed by atoms with Crippen molar-refractivity contribution in [3.05, 3.63) is 166 Å². The summed E-state index contributed by atoms with van der Waals surface area (Å²) in [6.07, 6.45) is 4.54. The number of hydrogen-bond donors (Lipinski definition) is 2. The van der Waals surface area contributed by atoms with Gasteiger partial charge in [-0.05, 0) is 96.1 Å². The molecule has 1 aromatic heterocycles. The summed E-state index contributed by atoms with van der Waals surface area (Å²) in [7, 11) is -3.65. The Kier molecular flexibility index (Phi) is 11.7. The van der Waals surface area contributed by atoms with Gasteiger partial charge in [0.05, 0.1) is 24.0 Å². The largest absolute Gasteiger partial charge is 0.493 e. The number of fused-ring (bicyclic) bond motifs is 1. The number of piperidine rings is 1. The number of nitrogens with zero attached hydrogens (tertiary/aromatic N) is 2. The summed E-state index contributed by atoms with van der Waals surface area (Å²) in [5.41, 5.74) is 7.21. The summed E-state index contributed by atoms with van der Waals surface area (Å²) < 4.78 is 38.4. The van der Waals surface area contributed by atoms with Gasteiger partial charge in [0.15, 0.2) is 0 Å². The number of benzene rings is 5. The molecule has 8 nitrogen and oxygen atoms in total. The summed E-state index contributed by atoms with van der Waals surface area (Å²) in [6.45, 7) is 2.57. The van der Waals surface area contributed by atoms with Gasteiger partial charge in [0.25, 0.3) is 0 Å². The molecule has 278 valence electrons. The number of carboxylic acids is 1. The highest BCUT2D eigenvalue weighted by Gasteiger charge is 2.26. The summed E-state index contributed by atoms with van der Waals surface area (Å²) in [4.78, 5) is 13.7. The van der Waals surface area contributed by atoms with Crippen molar-refractivity contribution in [1.29, 1.82) is 0 Å². The van der Waals surface area contributed by atoms with Crippen LogP contribution in [-0.2, 0) is 28.6 Å². The Morgan fingerprint density at radius 1 is 0.796 bits per heavy atom. The first-order chi connectivity index (χ1) is 26.3. The van der Waals surface area contributed by atoms with E-state index in [4.69, 9.17) is 16.3 Å². The first kappa shape index (κ1) is 37.2. The van der Waals surface area contributed by atoms with Crippen molar-refractivity contribution in [3.63, 3.8) is 0 Å². The summed E-state index contributed by atoms with van der Waals surface area (Å²) in [6, 6.07) is 40.5. The predicted molar refractivity (Wildman–Crippen MR) is 217 cm³/mol. The molecule has 1 aliphatic rings. The van der Waals surface area contributed by atoms with Gasteiger partial charge >= 0.3 is 5.97 Å². The fourth-order valence-corrected chi connectivity index (χ4v) is 8.85. The average Bonchev–Trinajstić information content (AvgIpc) is 3.47. The fraction of sp³-hybridized carbons (Fsp3) is 0.250. The molecule has 0 radical (unpaired) electrons. The van der Waals surface area contributed by atoms with Crippen molar-refractivity contribution in [3.8, 4) is 5.75 Å². The van der Waals surface area contributed by atoms with Crippen LogP contribution in [0.5, 0.6) is 5.75 Å². The Hall–Kier alpha value is -5.09. The lowest BCUT2D eigenvalue weighted by molar-refractivity contribution is 0.0696. The molecule has 1 aliphatic heterocycles. The molecule has 0 bridgehead atoms. The van der Waals surface area contributed by atoms with Gasteiger partial charge in [0.2, 0.25) is 10.0 Å². The Labute approximate surface area is 322 Å². The van der Waals surface area contributed by atoms with Crippen molar-refractivity contribution >= 4 is 44.2 Å². The molecule has 0 unspecified atom stereocenters. The smallest absolute Gasteiger partial charge is 0.335 e. The first-order valence-corrected chi connectivity index (χ1v) is 20.5. The zero-order chi connectivity index (χ0) is 37.5. The zero-order valence-corrected chi connectivity index (χ0v) is 31.6. The van der Waals surface area contributed by atoms with E-state index in [1.165, 1.54) is 31.4 Å². The lowest BCUT2D eigenvalue weighted by Gasteiger charge is -2.28. The van der Waals surface area contributed by atoms with Gasteiger partial charge in [-0.15, -0.1) is 0 Å². The van der Waals surface area contributed by atoms with Gasteiger partial charge in [-0.25, -0.2) is 17.9 Å². The van der Waals surface area contributed by atoms with Crippen molar-refractivity contribution in [2.24, 2.45) is 0 Å². The second-order valence-electron chi connectivity index (χ2n) is 13.7. The average molecular weight is 762 g/mol. The predicted octanol–water partition coefficient (Wildman–Crippen LogP) is 8.90. The van der Waals surface area contributed by atoms with Gasteiger partial charge in [-0.1, -0.05) is 84.4 Å². The standard InChI is InChI=1S/C44H44ClN3O5S/c45-36-18-23-41-40(30-36)39(25-29-53-38-21-16-35(17-22-38)44(49)50)42(48(41)43(33-10-4-1-5-11-33)34-12-6-2-7-13-34)24-26-46-54(51,52)31-32-14-19-37(20-15-32)47-27-8-3-9-28-47/h1-2,4-7,10-23,30,43,46H,3,8-9,24-29,31H2,(H,49,50). The minimum Gasteiger partial charge on any atom is -0.493 e. The van der Waals surface area contributed by atoms with E-state index in [1.54, 1.807) is 12.1 Å². The third-order valence-electron chi connectivity index (χ3n) is 10.1. The third kappa shape index (κ3) is 8.81. The van der Waals surface area contributed by atoms with Gasteiger partial charge in [-0.2, -0.15) is 0 Å². The van der Waals surface area contributed by atoms with Crippen LogP contribution in [0.3, 0.4) is 0 Å². The number of anilines is 1. The molecule has 0 saturated carbocycles. The number of hydrogen-bond acceptors (Lipinski definition) is 5. The van der Waals surface area contributed by atoms with Gasteiger partial charge < -0.3 is 19.3 Å². The first-order valence-electron chi connectivity index (χ1n) is 18.4. The number of sulfonamides is 1. The molecule has 54 heavy (non-hydrogen) atoms. The second-order valence-corrected chi connectivity index (χ2v) is 16.0. The molecule has 0 atom stereocenters. The number of nitrogens with one attached hydrogen (secondary N) is 1. The van der Waals surface area contributed by atoms with Gasteiger partial charge in [-0.3, -0.25) is 0 Å². The normalized spacial score (nSPS) is 13.4. The summed E-state index contributed by atoms with van der Waals surface area (Å²) in [5, 5.41) is 10.9. The molecular formula is C44H44ClN3O5S. The van der Waals surface area contributed by atoms with Crippen LogP contribution in [0.4, 0.5) is 5.69 Å². The van der Waals surface area contributed by atoms with Crippen LogP contribution in [0.25, 0.3) is 10.9 Å². The van der Waals surface area contributed by atoms with Crippen LogP contribution < -0.4 is 14.4 Å². The number of rotatable bonds is 15. The highest BCUT2D eigenvalue weighted by Crippen LogP contribution is 2.38. The Bertz CT molecular complexity index is 2250. The van der Waals surface area contributed by atoms with Crippen LogP contribution in [0.1, 0.15) is 63.6 Å². The number of ether oxygens (including phenoxy) is 1. The second kappa shape index (κ2) is 16.9. The van der Waals surface area contributed by atoms with Crippen LogP contribution >= 0.6 is 11.6 Å². The molecule has 2 heterocycles. The van der Waals surface area contributed by atoms with E-state index in [9.17, 15) is 18.3 Å². The van der Waals surface area contributed by atoms with Crippen molar-refractivity contribution in [1.82, 2.24) is 9.29 Å².